The van der Waals surface area contributed by atoms with Gasteiger partial charge in [0.2, 0.25) is 0 Å². The van der Waals surface area contributed by atoms with Crippen LogP contribution in [0, 0.1) is 0 Å². The summed E-state index contributed by atoms with van der Waals surface area (Å²) in [6, 6.07) is 1.45. The number of alkyl halides is 3. The lowest BCUT2D eigenvalue weighted by Gasteiger charge is -2.06. The van der Waals surface area contributed by atoms with E-state index in [-0.39, 0.29) is 0 Å². The zero-order valence-electron chi connectivity index (χ0n) is 4.26. The first-order valence-corrected chi connectivity index (χ1v) is 3.25. The van der Waals surface area contributed by atoms with Crippen LogP contribution in [0.5, 0.6) is 0 Å². The average Bonchev–Trinajstić information content (AvgIpc) is 2.08. The molecule has 0 saturated carbocycles. The molecule has 0 bridgehead atoms. The quantitative estimate of drug-likeness (QED) is 0.544. The van der Waals surface area contributed by atoms with Crippen molar-refractivity contribution in [2.75, 3.05) is 0 Å². The molecule has 0 unspecified atom stereocenters. The van der Waals surface area contributed by atoms with Crippen LogP contribution in [0.2, 0.25) is 0 Å². The highest BCUT2D eigenvalue weighted by atomic mass is 127. The van der Waals surface area contributed by atoms with Gasteiger partial charge in [-0.25, -0.2) is 4.68 Å². The Morgan fingerprint density at radius 3 is 2.44 bits per heavy atom. The summed E-state index contributed by atoms with van der Waals surface area (Å²) in [5.74, 6) is 0. The minimum Gasteiger partial charge on any atom is -0.200 e. The van der Waals surface area contributed by atoms with Crippen LogP contribution in [0.1, 0.15) is 0 Å². The molecule has 0 saturated heterocycles. The molecule has 0 aliphatic carbocycles. The Kier molecular flexibility index (Phi) is 1.69. The Hall–Kier alpha value is -0.200. The highest BCUT2D eigenvalue weighted by molar-refractivity contribution is 14.1. The van der Waals surface area contributed by atoms with E-state index in [1.165, 1.54) is 18.5 Å². The van der Waals surface area contributed by atoms with Crippen LogP contribution in [0.3, 0.4) is 0 Å². The number of aromatic nitrogens is 2. The van der Waals surface area contributed by atoms with Gasteiger partial charge in [-0.2, -0.15) is 13.9 Å². The smallest absolute Gasteiger partial charge is 0.200 e. The normalized spacial score (nSPS) is 11.9. The lowest BCUT2D eigenvalue weighted by atomic mass is 10.8. The molecule has 0 fully saturated rings. The minimum atomic E-state index is -2.90. The second-order valence-corrected chi connectivity index (χ2v) is 2.72. The third kappa shape index (κ3) is 1.60. The average molecular weight is 244 g/mol. The summed E-state index contributed by atoms with van der Waals surface area (Å²) < 4.78 is 22.0. The molecule has 0 spiro atoms. The largest absolute Gasteiger partial charge is 0.394 e. The summed E-state index contributed by atoms with van der Waals surface area (Å²) in [4.78, 5) is 0. The number of hydrogen-bond acceptors (Lipinski definition) is 1. The van der Waals surface area contributed by atoms with Crippen LogP contribution in [-0.4, -0.2) is 9.78 Å². The number of halogens is 3. The SMILES string of the molecule is FC(F)(I)n1cccn1. The molecule has 1 heterocycles. The molecule has 5 heteroatoms. The van der Waals surface area contributed by atoms with E-state index in [0.29, 0.717) is 4.68 Å². The van der Waals surface area contributed by atoms with Crippen LogP contribution in [-0.2, 0) is 4.05 Å². The molecule has 0 aliphatic heterocycles. The summed E-state index contributed by atoms with van der Waals surface area (Å²) in [5, 5.41) is 3.35. The summed E-state index contributed by atoms with van der Waals surface area (Å²) in [6.45, 7) is 0. The van der Waals surface area contributed by atoms with E-state index in [1.807, 2.05) is 0 Å². The van der Waals surface area contributed by atoms with E-state index < -0.39 is 4.05 Å². The van der Waals surface area contributed by atoms with Crippen molar-refractivity contribution in [1.29, 1.82) is 0 Å². The molecule has 1 rings (SSSR count). The first-order valence-electron chi connectivity index (χ1n) is 2.17. The molecular weight excluding hydrogens is 241 g/mol. The van der Waals surface area contributed by atoms with Crippen molar-refractivity contribution < 1.29 is 8.78 Å². The zero-order chi connectivity index (χ0) is 6.91. The predicted molar refractivity (Wildman–Crippen MR) is 36.4 cm³/mol. The zero-order valence-corrected chi connectivity index (χ0v) is 6.42. The number of hydrogen-bond donors (Lipinski definition) is 0. The van der Waals surface area contributed by atoms with Gasteiger partial charge in [-0.3, -0.25) is 0 Å². The van der Waals surface area contributed by atoms with Crippen LogP contribution < -0.4 is 0 Å². The number of nitrogens with zero attached hydrogens (tertiary/aromatic N) is 2. The van der Waals surface area contributed by atoms with Gasteiger partial charge < -0.3 is 0 Å². The topological polar surface area (TPSA) is 17.8 Å². The Bertz CT molecular complexity index is 179. The van der Waals surface area contributed by atoms with Gasteiger partial charge in [-0.1, -0.05) is 0 Å². The van der Waals surface area contributed by atoms with Crippen LogP contribution in [0.4, 0.5) is 8.78 Å². The molecule has 1 aromatic rings. The van der Waals surface area contributed by atoms with Crippen molar-refractivity contribution >= 4 is 22.6 Å². The summed E-state index contributed by atoms with van der Waals surface area (Å²) in [5.41, 5.74) is 0. The van der Waals surface area contributed by atoms with Crippen LogP contribution in [0.15, 0.2) is 18.5 Å². The van der Waals surface area contributed by atoms with Crippen molar-refractivity contribution in [2.24, 2.45) is 0 Å². The van der Waals surface area contributed by atoms with Crippen molar-refractivity contribution in [2.45, 2.75) is 4.05 Å². The Morgan fingerprint density at radius 1 is 1.56 bits per heavy atom. The van der Waals surface area contributed by atoms with Gasteiger partial charge >= 0.3 is 4.05 Å². The molecule has 0 aromatic carbocycles. The highest BCUT2D eigenvalue weighted by Gasteiger charge is 2.25. The maximum Gasteiger partial charge on any atom is 0.394 e. The second kappa shape index (κ2) is 2.20. The van der Waals surface area contributed by atoms with Gasteiger partial charge in [0, 0.05) is 35.0 Å². The predicted octanol–water partition coefficient (Wildman–Crippen LogP) is 1.82. The Labute approximate surface area is 64.0 Å². The lowest BCUT2D eigenvalue weighted by molar-refractivity contribution is 0.0328. The van der Waals surface area contributed by atoms with E-state index in [2.05, 4.69) is 5.10 Å². The van der Waals surface area contributed by atoms with Gasteiger partial charge in [-0.15, -0.1) is 0 Å². The van der Waals surface area contributed by atoms with Crippen LogP contribution >= 0.6 is 22.6 Å². The van der Waals surface area contributed by atoms with Crippen LogP contribution in [0.25, 0.3) is 0 Å². The summed E-state index contributed by atoms with van der Waals surface area (Å²) in [7, 11) is 0. The fraction of sp³-hybridized carbons (Fsp3) is 0.250. The Balaban J connectivity index is 2.90. The molecule has 0 N–H and O–H groups in total. The van der Waals surface area contributed by atoms with E-state index in [0.717, 1.165) is 22.6 Å². The van der Waals surface area contributed by atoms with Gasteiger partial charge in [0.1, 0.15) is 0 Å². The molecule has 2 nitrogen and oxygen atoms in total. The van der Waals surface area contributed by atoms with Gasteiger partial charge in [0.05, 0.1) is 0 Å². The molecule has 0 amide bonds. The highest BCUT2D eigenvalue weighted by Crippen LogP contribution is 2.26. The standard InChI is InChI=1S/C4H3F2IN2/c5-4(6,7)9-3-1-2-8-9/h1-3H. The third-order valence-electron chi connectivity index (χ3n) is 0.764. The summed E-state index contributed by atoms with van der Waals surface area (Å²) >= 11 is 1.01. The van der Waals surface area contributed by atoms with Crippen molar-refractivity contribution in [3.63, 3.8) is 0 Å². The molecule has 0 atom stereocenters. The van der Waals surface area contributed by atoms with E-state index in [4.69, 9.17) is 0 Å². The molecule has 0 aliphatic rings. The first kappa shape index (κ1) is 6.91. The van der Waals surface area contributed by atoms with Gasteiger partial charge in [0.15, 0.2) is 0 Å². The van der Waals surface area contributed by atoms with E-state index in [1.54, 1.807) is 0 Å². The van der Waals surface area contributed by atoms with Gasteiger partial charge in [0.25, 0.3) is 0 Å². The fourth-order valence-corrected chi connectivity index (χ4v) is 0.704. The molecular formula is C4H3F2IN2. The minimum absolute atomic E-state index is 0.591. The lowest BCUT2D eigenvalue weighted by Crippen LogP contribution is -2.14. The first-order chi connectivity index (χ1) is 4.11. The maximum atomic E-state index is 12.2. The van der Waals surface area contributed by atoms with E-state index in [9.17, 15) is 8.78 Å². The Morgan fingerprint density at radius 2 is 2.22 bits per heavy atom. The number of rotatable bonds is 1. The molecule has 0 radical (unpaired) electrons. The fourth-order valence-electron chi connectivity index (χ4n) is 0.419. The molecule has 1 aromatic heterocycles. The molecule has 9 heavy (non-hydrogen) atoms. The van der Waals surface area contributed by atoms with Crippen molar-refractivity contribution in [1.82, 2.24) is 9.78 Å². The summed E-state index contributed by atoms with van der Waals surface area (Å²) in [6.07, 6.45) is 2.53. The van der Waals surface area contributed by atoms with E-state index >= 15 is 0 Å². The second-order valence-electron chi connectivity index (χ2n) is 1.42. The third-order valence-corrected chi connectivity index (χ3v) is 1.26. The monoisotopic (exact) mass is 244 g/mol. The van der Waals surface area contributed by atoms with Crippen molar-refractivity contribution in [3.8, 4) is 0 Å². The molecule has 50 valence electrons. The maximum absolute atomic E-state index is 12.2. The van der Waals surface area contributed by atoms with Crippen molar-refractivity contribution in [3.05, 3.63) is 18.5 Å². The van der Waals surface area contributed by atoms with Gasteiger partial charge in [-0.05, 0) is 6.07 Å².